The first-order valence-electron chi connectivity index (χ1n) is 7.05. The molecule has 7 heteroatoms. The van der Waals surface area contributed by atoms with Gasteiger partial charge >= 0.3 is 12.1 Å². The van der Waals surface area contributed by atoms with Gasteiger partial charge in [0.1, 0.15) is 23.2 Å². The second-order valence-corrected chi connectivity index (χ2v) is 6.08. The quantitative estimate of drug-likeness (QED) is 0.837. The number of carbonyl (C=O) groups excluding carboxylic acids is 2. The molecule has 1 aromatic carbocycles. The monoisotopic (exact) mass is 325 g/mol. The molecular weight excluding hydrogens is 305 g/mol. The third-order valence-electron chi connectivity index (χ3n) is 2.74. The van der Waals surface area contributed by atoms with E-state index in [1.807, 2.05) is 0 Å². The number of benzene rings is 1. The molecule has 0 spiro atoms. The number of alkyl carbamates (subject to hydrolysis) is 1. The number of ketones is 1. The van der Waals surface area contributed by atoms with Crippen molar-refractivity contribution < 1.29 is 28.6 Å². The van der Waals surface area contributed by atoms with Gasteiger partial charge in [-0.3, -0.25) is 4.79 Å². The number of carboxylic acid groups (broad SMARTS) is 1. The molecule has 0 saturated heterocycles. The number of Topliss-reactive ketones (excluding diaryl/α,β-unsaturated/α-hetero) is 1. The number of halogens is 1. The number of carboxylic acids is 1. The Bertz CT molecular complexity index is 577. The maximum absolute atomic E-state index is 12.8. The first-order valence-corrected chi connectivity index (χ1v) is 7.05. The Morgan fingerprint density at radius 3 is 2.26 bits per heavy atom. The van der Waals surface area contributed by atoms with Crippen molar-refractivity contribution in [3.05, 3.63) is 35.6 Å². The van der Waals surface area contributed by atoms with Gasteiger partial charge in [0.15, 0.2) is 0 Å². The second kappa shape index (κ2) is 7.71. The summed E-state index contributed by atoms with van der Waals surface area (Å²) in [5.74, 6) is -2.14. The fourth-order valence-corrected chi connectivity index (χ4v) is 1.78. The predicted molar refractivity (Wildman–Crippen MR) is 80.5 cm³/mol. The van der Waals surface area contributed by atoms with E-state index in [1.165, 1.54) is 24.3 Å². The summed E-state index contributed by atoms with van der Waals surface area (Å²) in [4.78, 5) is 34.7. The average molecular weight is 325 g/mol. The van der Waals surface area contributed by atoms with Gasteiger partial charge in [0.25, 0.3) is 0 Å². The average Bonchev–Trinajstić information content (AvgIpc) is 2.38. The minimum Gasteiger partial charge on any atom is -0.480 e. The predicted octanol–water partition coefficient (Wildman–Crippen LogP) is 2.31. The van der Waals surface area contributed by atoms with E-state index in [9.17, 15) is 18.8 Å². The number of amides is 1. The highest BCUT2D eigenvalue weighted by Gasteiger charge is 2.26. The zero-order valence-corrected chi connectivity index (χ0v) is 13.3. The molecule has 0 heterocycles. The van der Waals surface area contributed by atoms with E-state index >= 15 is 0 Å². The molecule has 1 rings (SSSR count). The van der Waals surface area contributed by atoms with Crippen molar-refractivity contribution in [2.75, 3.05) is 0 Å². The molecule has 0 bridgehead atoms. The van der Waals surface area contributed by atoms with Crippen LogP contribution in [-0.4, -0.2) is 34.6 Å². The standard InChI is InChI=1S/C16H20FNO5/c1-16(2,3)23-15(22)18-13(14(20)21)9-12(19)8-10-4-6-11(17)7-5-10/h4-7,13H,8-9H2,1-3H3,(H,18,22)(H,20,21). The van der Waals surface area contributed by atoms with Gasteiger partial charge < -0.3 is 15.2 Å². The van der Waals surface area contributed by atoms with Crippen LogP contribution < -0.4 is 5.32 Å². The molecule has 1 unspecified atom stereocenters. The minimum atomic E-state index is -1.38. The van der Waals surface area contributed by atoms with Crippen molar-refractivity contribution in [3.8, 4) is 0 Å². The van der Waals surface area contributed by atoms with Crippen LogP contribution in [0.5, 0.6) is 0 Å². The number of hydrogen-bond acceptors (Lipinski definition) is 4. The third-order valence-corrected chi connectivity index (χ3v) is 2.74. The molecule has 0 aliphatic heterocycles. The van der Waals surface area contributed by atoms with Gasteiger partial charge in [0, 0.05) is 12.8 Å². The lowest BCUT2D eigenvalue weighted by molar-refractivity contribution is -0.141. The number of ether oxygens (including phenoxy) is 1. The SMILES string of the molecule is CC(C)(C)OC(=O)NC(CC(=O)Cc1ccc(F)cc1)C(=O)O. The Balaban J connectivity index is 2.61. The highest BCUT2D eigenvalue weighted by Crippen LogP contribution is 2.09. The lowest BCUT2D eigenvalue weighted by Gasteiger charge is -2.21. The van der Waals surface area contributed by atoms with Crippen LogP contribution in [0, 0.1) is 5.82 Å². The van der Waals surface area contributed by atoms with Crippen LogP contribution in [0.25, 0.3) is 0 Å². The number of rotatable bonds is 6. The number of carbonyl (C=O) groups is 3. The number of hydrogen-bond donors (Lipinski definition) is 2. The first-order chi connectivity index (χ1) is 10.6. The van der Waals surface area contributed by atoms with Gasteiger partial charge in [0.2, 0.25) is 0 Å². The molecular formula is C16H20FNO5. The first kappa shape index (κ1) is 18.6. The van der Waals surface area contributed by atoms with E-state index in [2.05, 4.69) is 5.32 Å². The maximum atomic E-state index is 12.8. The van der Waals surface area contributed by atoms with E-state index in [4.69, 9.17) is 9.84 Å². The minimum absolute atomic E-state index is 0.0416. The lowest BCUT2D eigenvalue weighted by Crippen LogP contribution is -2.44. The molecule has 0 aliphatic rings. The largest absolute Gasteiger partial charge is 0.480 e. The van der Waals surface area contributed by atoms with Crippen molar-refractivity contribution >= 4 is 17.8 Å². The zero-order valence-electron chi connectivity index (χ0n) is 13.3. The van der Waals surface area contributed by atoms with Crippen molar-refractivity contribution in [1.29, 1.82) is 0 Å². The number of nitrogens with one attached hydrogen (secondary N) is 1. The molecule has 0 saturated carbocycles. The Morgan fingerprint density at radius 1 is 1.22 bits per heavy atom. The topological polar surface area (TPSA) is 92.7 Å². The molecule has 0 radical (unpaired) electrons. The lowest BCUT2D eigenvalue weighted by atomic mass is 10.0. The smallest absolute Gasteiger partial charge is 0.408 e. The summed E-state index contributed by atoms with van der Waals surface area (Å²) < 4.78 is 17.8. The van der Waals surface area contributed by atoms with Crippen LogP contribution in [-0.2, 0) is 20.7 Å². The van der Waals surface area contributed by atoms with E-state index in [0.717, 1.165) is 0 Å². The highest BCUT2D eigenvalue weighted by atomic mass is 19.1. The maximum Gasteiger partial charge on any atom is 0.408 e. The van der Waals surface area contributed by atoms with E-state index in [0.29, 0.717) is 5.56 Å². The molecule has 126 valence electrons. The van der Waals surface area contributed by atoms with Gasteiger partial charge in [-0.25, -0.2) is 14.0 Å². The Morgan fingerprint density at radius 2 is 1.78 bits per heavy atom. The van der Waals surface area contributed by atoms with E-state index < -0.39 is 29.5 Å². The molecule has 23 heavy (non-hydrogen) atoms. The molecule has 1 atom stereocenters. The van der Waals surface area contributed by atoms with Gasteiger partial charge in [-0.05, 0) is 38.5 Å². The van der Waals surface area contributed by atoms with Crippen molar-refractivity contribution in [2.45, 2.75) is 45.3 Å². The van der Waals surface area contributed by atoms with Crippen LogP contribution in [0.1, 0.15) is 32.8 Å². The van der Waals surface area contributed by atoms with Gasteiger partial charge in [-0.1, -0.05) is 12.1 Å². The van der Waals surface area contributed by atoms with E-state index in [1.54, 1.807) is 20.8 Å². The molecule has 0 aliphatic carbocycles. The summed E-state index contributed by atoms with van der Waals surface area (Å²) in [5.41, 5.74) is -0.205. The second-order valence-electron chi connectivity index (χ2n) is 6.08. The fourth-order valence-electron chi connectivity index (χ4n) is 1.78. The zero-order chi connectivity index (χ0) is 17.6. The van der Waals surface area contributed by atoms with Crippen molar-refractivity contribution in [3.63, 3.8) is 0 Å². The van der Waals surface area contributed by atoms with Crippen LogP contribution in [0.4, 0.5) is 9.18 Å². The molecule has 2 N–H and O–H groups in total. The van der Waals surface area contributed by atoms with Crippen LogP contribution in [0.2, 0.25) is 0 Å². The van der Waals surface area contributed by atoms with E-state index in [-0.39, 0.29) is 18.6 Å². The van der Waals surface area contributed by atoms with Gasteiger partial charge in [-0.15, -0.1) is 0 Å². The van der Waals surface area contributed by atoms with Crippen molar-refractivity contribution in [2.24, 2.45) is 0 Å². The summed E-state index contributed by atoms with van der Waals surface area (Å²) in [6.45, 7) is 4.92. The van der Waals surface area contributed by atoms with Crippen molar-refractivity contribution in [1.82, 2.24) is 5.32 Å². The number of aliphatic carboxylic acids is 1. The Labute approximate surface area is 133 Å². The Hall–Kier alpha value is -2.44. The van der Waals surface area contributed by atoms with Gasteiger partial charge in [0.05, 0.1) is 0 Å². The van der Waals surface area contributed by atoms with Crippen LogP contribution in [0.3, 0.4) is 0 Å². The summed E-state index contributed by atoms with van der Waals surface area (Å²) in [5, 5.41) is 11.3. The molecule has 1 aromatic rings. The molecule has 0 fully saturated rings. The Kier molecular flexibility index (Phi) is 6.24. The van der Waals surface area contributed by atoms with Crippen LogP contribution in [0.15, 0.2) is 24.3 Å². The summed E-state index contributed by atoms with van der Waals surface area (Å²) in [6, 6.07) is 3.96. The summed E-state index contributed by atoms with van der Waals surface area (Å²) in [6.07, 6.45) is -1.33. The summed E-state index contributed by atoms with van der Waals surface area (Å²) >= 11 is 0. The normalized spacial score (nSPS) is 12.3. The van der Waals surface area contributed by atoms with Gasteiger partial charge in [-0.2, -0.15) is 0 Å². The molecule has 0 aromatic heterocycles. The summed E-state index contributed by atoms with van der Waals surface area (Å²) in [7, 11) is 0. The fraction of sp³-hybridized carbons (Fsp3) is 0.438. The molecule has 6 nitrogen and oxygen atoms in total. The third kappa shape index (κ3) is 7.39. The van der Waals surface area contributed by atoms with Crippen LogP contribution >= 0.6 is 0 Å². The molecule has 1 amide bonds. The highest BCUT2D eigenvalue weighted by molar-refractivity contribution is 5.89.